The van der Waals surface area contributed by atoms with Gasteiger partial charge in [-0.15, -0.1) is 0 Å². The van der Waals surface area contributed by atoms with Crippen LogP contribution in [0.4, 0.5) is 5.69 Å². The molecule has 0 fully saturated rings. The van der Waals surface area contributed by atoms with E-state index in [9.17, 15) is 0 Å². The van der Waals surface area contributed by atoms with Crippen LogP contribution in [0.25, 0.3) is 0 Å². The Morgan fingerprint density at radius 1 is 1.12 bits per heavy atom. The van der Waals surface area contributed by atoms with Crippen molar-refractivity contribution in [3.8, 4) is 11.5 Å². The zero-order chi connectivity index (χ0) is 12.0. The Bertz CT molecular complexity index is 324. The van der Waals surface area contributed by atoms with Gasteiger partial charge in [0.2, 0.25) is 0 Å². The molecule has 0 atom stereocenters. The highest BCUT2D eigenvalue weighted by molar-refractivity contribution is 5.54. The van der Waals surface area contributed by atoms with Crippen LogP contribution in [0, 0.1) is 5.92 Å². The Hall–Kier alpha value is -1.38. The van der Waals surface area contributed by atoms with Gasteiger partial charge in [0, 0.05) is 18.3 Å². The molecule has 0 saturated carbocycles. The molecule has 0 saturated heterocycles. The molecule has 3 heteroatoms. The third-order valence-corrected chi connectivity index (χ3v) is 2.43. The molecule has 1 aromatic carbocycles. The molecule has 0 radical (unpaired) electrons. The maximum Gasteiger partial charge on any atom is 0.162 e. The summed E-state index contributed by atoms with van der Waals surface area (Å²) in [5.74, 6) is 2.24. The number of ether oxygens (including phenoxy) is 2. The van der Waals surface area contributed by atoms with E-state index in [-0.39, 0.29) is 0 Å². The second-order valence-corrected chi connectivity index (χ2v) is 4.18. The number of hydrogen-bond acceptors (Lipinski definition) is 3. The van der Waals surface area contributed by atoms with Crippen LogP contribution in [0.15, 0.2) is 18.2 Å². The van der Waals surface area contributed by atoms with Gasteiger partial charge in [0.1, 0.15) is 0 Å². The van der Waals surface area contributed by atoms with Gasteiger partial charge < -0.3 is 14.8 Å². The summed E-state index contributed by atoms with van der Waals surface area (Å²) in [6.45, 7) is 5.42. The molecule has 0 unspecified atom stereocenters. The predicted octanol–water partition coefficient (Wildman–Crippen LogP) is 3.16. The zero-order valence-electron chi connectivity index (χ0n) is 10.5. The molecule has 0 aliphatic carbocycles. The largest absolute Gasteiger partial charge is 0.493 e. The minimum absolute atomic E-state index is 0.715. The van der Waals surface area contributed by atoms with Crippen molar-refractivity contribution in [1.29, 1.82) is 0 Å². The Labute approximate surface area is 97.8 Å². The fraction of sp³-hybridized carbons (Fsp3) is 0.538. The van der Waals surface area contributed by atoms with Crippen LogP contribution < -0.4 is 14.8 Å². The normalized spacial score (nSPS) is 10.3. The van der Waals surface area contributed by atoms with Crippen LogP contribution in [0.5, 0.6) is 11.5 Å². The first-order valence-electron chi connectivity index (χ1n) is 5.63. The van der Waals surface area contributed by atoms with Crippen molar-refractivity contribution in [3.63, 3.8) is 0 Å². The predicted molar refractivity (Wildman–Crippen MR) is 67.5 cm³/mol. The number of methoxy groups -OCH3 is 2. The van der Waals surface area contributed by atoms with Gasteiger partial charge in [-0.05, 0) is 24.5 Å². The van der Waals surface area contributed by atoms with E-state index in [0.717, 1.165) is 30.2 Å². The first-order chi connectivity index (χ1) is 7.67. The SMILES string of the molecule is COc1ccc(NCCC(C)C)cc1OC. The van der Waals surface area contributed by atoms with E-state index in [4.69, 9.17) is 9.47 Å². The fourth-order valence-electron chi connectivity index (χ4n) is 1.45. The first-order valence-corrected chi connectivity index (χ1v) is 5.63. The third kappa shape index (κ3) is 3.65. The molecule has 0 bridgehead atoms. The van der Waals surface area contributed by atoms with Crippen molar-refractivity contribution >= 4 is 5.69 Å². The molecule has 0 spiro atoms. The third-order valence-electron chi connectivity index (χ3n) is 2.43. The van der Waals surface area contributed by atoms with Crippen molar-refractivity contribution < 1.29 is 9.47 Å². The minimum atomic E-state index is 0.715. The molecule has 3 nitrogen and oxygen atoms in total. The summed E-state index contributed by atoms with van der Waals surface area (Å²) in [5.41, 5.74) is 1.07. The fourth-order valence-corrected chi connectivity index (χ4v) is 1.45. The summed E-state index contributed by atoms with van der Waals surface area (Å²) in [6.07, 6.45) is 1.16. The van der Waals surface area contributed by atoms with Crippen molar-refractivity contribution in [2.24, 2.45) is 5.92 Å². The summed E-state index contributed by atoms with van der Waals surface area (Å²) in [7, 11) is 3.29. The summed E-state index contributed by atoms with van der Waals surface area (Å²) in [5, 5.41) is 3.37. The standard InChI is InChI=1S/C13H21NO2/c1-10(2)7-8-14-11-5-6-12(15-3)13(9-11)16-4/h5-6,9-10,14H,7-8H2,1-4H3. The van der Waals surface area contributed by atoms with Crippen molar-refractivity contribution in [2.45, 2.75) is 20.3 Å². The zero-order valence-corrected chi connectivity index (χ0v) is 10.5. The molecule has 90 valence electrons. The molecular weight excluding hydrogens is 202 g/mol. The lowest BCUT2D eigenvalue weighted by Gasteiger charge is -2.12. The lowest BCUT2D eigenvalue weighted by molar-refractivity contribution is 0.355. The second kappa shape index (κ2) is 6.26. The Balaban J connectivity index is 2.60. The smallest absolute Gasteiger partial charge is 0.162 e. The highest BCUT2D eigenvalue weighted by Gasteiger charge is 2.03. The molecule has 0 aliphatic heterocycles. The van der Waals surface area contributed by atoms with Gasteiger partial charge in [-0.25, -0.2) is 0 Å². The van der Waals surface area contributed by atoms with Crippen molar-refractivity contribution in [1.82, 2.24) is 0 Å². The van der Waals surface area contributed by atoms with Crippen LogP contribution in [0.3, 0.4) is 0 Å². The summed E-state index contributed by atoms with van der Waals surface area (Å²) in [4.78, 5) is 0. The highest BCUT2D eigenvalue weighted by atomic mass is 16.5. The van der Waals surface area contributed by atoms with E-state index in [1.54, 1.807) is 14.2 Å². The molecule has 1 aromatic rings. The van der Waals surface area contributed by atoms with E-state index in [2.05, 4.69) is 19.2 Å². The van der Waals surface area contributed by atoms with E-state index in [1.165, 1.54) is 0 Å². The number of hydrogen-bond donors (Lipinski definition) is 1. The molecular formula is C13H21NO2. The van der Waals surface area contributed by atoms with Gasteiger partial charge in [-0.2, -0.15) is 0 Å². The van der Waals surface area contributed by atoms with Gasteiger partial charge in [-0.1, -0.05) is 13.8 Å². The average Bonchev–Trinajstić information content (AvgIpc) is 2.28. The van der Waals surface area contributed by atoms with Gasteiger partial charge in [0.15, 0.2) is 11.5 Å². The van der Waals surface area contributed by atoms with Crippen molar-refractivity contribution in [2.75, 3.05) is 26.1 Å². The molecule has 0 amide bonds. The molecule has 1 N–H and O–H groups in total. The molecule has 1 rings (SSSR count). The van der Waals surface area contributed by atoms with Gasteiger partial charge >= 0.3 is 0 Å². The Kier molecular flexibility index (Phi) is 4.96. The molecule has 0 aliphatic rings. The number of rotatable bonds is 6. The second-order valence-electron chi connectivity index (χ2n) is 4.18. The quantitative estimate of drug-likeness (QED) is 0.803. The van der Waals surface area contributed by atoms with Crippen molar-refractivity contribution in [3.05, 3.63) is 18.2 Å². The van der Waals surface area contributed by atoms with E-state index in [1.807, 2.05) is 18.2 Å². The maximum atomic E-state index is 5.24. The number of benzene rings is 1. The molecule has 16 heavy (non-hydrogen) atoms. The van der Waals surface area contributed by atoms with Crippen LogP contribution in [0.1, 0.15) is 20.3 Å². The molecule has 0 aromatic heterocycles. The Morgan fingerprint density at radius 3 is 2.38 bits per heavy atom. The van der Waals surface area contributed by atoms with Crippen LogP contribution in [-0.4, -0.2) is 20.8 Å². The lowest BCUT2D eigenvalue weighted by atomic mass is 10.1. The topological polar surface area (TPSA) is 30.5 Å². The minimum Gasteiger partial charge on any atom is -0.493 e. The van der Waals surface area contributed by atoms with Crippen LogP contribution in [0.2, 0.25) is 0 Å². The number of anilines is 1. The monoisotopic (exact) mass is 223 g/mol. The summed E-state index contributed by atoms with van der Waals surface area (Å²) < 4.78 is 10.4. The summed E-state index contributed by atoms with van der Waals surface area (Å²) >= 11 is 0. The van der Waals surface area contributed by atoms with Gasteiger partial charge in [0.05, 0.1) is 14.2 Å². The van der Waals surface area contributed by atoms with Crippen LogP contribution in [-0.2, 0) is 0 Å². The first kappa shape index (κ1) is 12.7. The van der Waals surface area contributed by atoms with E-state index in [0.29, 0.717) is 5.92 Å². The highest BCUT2D eigenvalue weighted by Crippen LogP contribution is 2.29. The summed E-state index contributed by atoms with van der Waals surface area (Å²) in [6, 6.07) is 5.87. The van der Waals surface area contributed by atoms with Gasteiger partial charge in [0.25, 0.3) is 0 Å². The number of nitrogens with one attached hydrogen (secondary N) is 1. The van der Waals surface area contributed by atoms with E-state index >= 15 is 0 Å². The van der Waals surface area contributed by atoms with Crippen LogP contribution >= 0.6 is 0 Å². The molecule has 0 heterocycles. The average molecular weight is 223 g/mol. The maximum absolute atomic E-state index is 5.24. The van der Waals surface area contributed by atoms with E-state index < -0.39 is 0 Å². The lowest BCUT2D eigenvalue weighted by Crippen LogP contribution is -2.04. The van der Waals surface area contributed by atoms with Gasteiger partial charge in [-0.3, -0.25) is 0 Å². The Morgan fingerprint density at radius 2 is 1.81 bits per heavy atom.